The van der Waals surface area contributed by atoms with E-state index < -0.39 is 148 Å². The molecule has 1 unspecified atom stereocenters. The van der Waals surface area contributed by atoms with Crippen LogP contribution in [-0.2, 0) is 47.5 Å². The smallest absolute Gasteiger partial charge is 0.322 e. The van der Waals surface area contributed by atoms with Crippen molar-refractivity contribution >= 4 is 17.8 Å². The van der Waals surface area contributed by atoms with Gasteiger partial charge in [0.25, 0.3) is 0 Å². The number of benzene rings is 2. The van der Waals surface area contributed by atoms with E-state index in [2.05, 4.69) is 5.32 Å². The highest BCUT2D eigenvalue weighted by Crippen LogP contribution is 2.44. The van der Waals surface area contributed by atoms with Gasteiger partial charge in [0.05, 0.1) is 26.4 Å². The maximum absolute atomic E-state index is 13.3. The molecule has 326 valence electrons. The lowest BCUT2D eigenvalue weighted by Gasteiger charge is -2.49. The van der Waals surface area contributed by atoms with Crippen molar-refractivity contribution < 1.29 is 98.6 Å². The van der Waals surface area contributed by atoms with E-state index in [9.17, 15) is 65.4 Å². The fourth-order valence-electron chi connectivity index (χ4n) is 7.70. The predicted octanol–water partition coefficient (Wildman–Crippen LogP) is -4.35. The number of nitrogens with one attached hydrogen (secondary N) is 1. The fourth-order valence-corrected chi connectivity index (χ4v) is 7.70. The van der Waals surface area contributed by atoms with E-state index in [1.807, 2.05) is 48.5 Å². The van der Waals surface area contributed by atoms with E-state index in [1.165, 1.54) is 0 Å². The Balaban J connectivity index is 1.18. The molecule has 3 aliphatic heterocycles. The summed E-state index contributed by atoms with van der Waals surface area (Å²) >= 11 is 0. The molecule has 3 fully saturated rings. The highest BCUT2D eigenvalue weighted by Gasteiger charge is 2.54. The van der Waals surface area contributed by atoms with Crippen molar-refractivity contribution in [3.63, 3.8) is 0 Å². The Morgan fingerprint density at radius 3 is 1.75 bits per heavy atom. The third kappa shape index (κ3) is 9.29. The van der Waals surface area contributed by atoms with Gasteiger partial charge in [-0.2, -0.15) is 0 Å². The Hall–Kier alpha value is -3.75. The van der Waals surface area contributed by atoms with Crippen LogP contribution in [0.4, 0.5) is 0 Å². The second-order valence-corrected chi connectivity index (χ2v) is 14.6. The number of esters is 1. The number of aliphatic hydroxyl groups is 9. The summed E-state index contributed by atoms with van der Waals surface area (Å²) in [6.07, 6.45) is -24.8. The summed E-state index contributed by atoms with van der Waals surface area (Å²) in [7, 11) is 0. The van der Waals surface area contributed by atoms with Gasteiger partial charge < -0.3 is 89.5 Å². The van der Waals surface area contributed by atoms with Crippen molar-refractivity contribution in [2.24, 2.45) is 5.92 Å². The number of ether oxygens (including phenoxy) is 7. The van der Waals surface area contributed by atoms with Crippen LogP contribution in [0.1, 0.15) is 24.0 Å². The molecular formula is C38H49NO20. The predicted molar refractivity (Wildman–Crippen MR) is 192 cm³/mol. The van der Waals surface area contributed by atoms with Crippen molar-refractivity contribution in [2.45, 2.75) is 105 Å². The van der Waals surface area contributed by atoms with Crippen molar-refractivity contribution in [3.05, 3.63) is 59.7 Å². The molecule has 3 saturated heterocycles. The number of hydrogen-bond acceptors (Lipinski definition) is 19. The Kier molecular flexibility index (Phi) is 14.7. The van der Waals surface area contributed by atoms with Gasteiger partial charge in [0.15, 0.2) is 24.8 Å². The van der Waals surface area contributed by atoms with Crippen LogP contribution in [0.3, 0.4) is 0 Å². The number of carbonyl (C=O) groups is 3. The monoisotopic (exact) mass is 839 g/mol. The van der Waals surface area contributed by atoms with Crippen molar-refractivity contribution in [2.75, 3.05) is 33.0 Å². The zero-order valence-electron chi connectivity index (χ0n) is 31.5. The molecule has 16 atom stereocenters. The normalized spacial score (nSPS) is 36.3. The first-order valence-electron chi connectivity index (χ1n) is 18.8. The number of carboxylic acids is 1. The van der Waals surface area contributed by atoms with Crippen LogP contribution in [0.5, 0.6) is 0 Å². The number of carbonyl (C=O) groups excluding carboxylic acids is 2. The number of aliphatic hydroxyl groups excluding tert-OH is 9. The lowest BCUT2D eigenvalue weighted by atomic mass is 9.94. The standard InChI is InChI=1S/C38H49NO20/c1-15(43)39-25-28(46)32(58-37-31(49)29(47)26(44)22(10-40)55-37)24(12-42)57-36(25)59-33-30(48)27(45)23(11-41)56-38(33)54-14-21(34(50)51)35(52)53-13-20-18-8-4-2-6-16(18)17-7-3-5-9-19(17)20/h2-9,20-33,36-38,40-42,44-49H,10-14H2,1H3,(H,39,43)(H,50,51)/t21?,22-,23-,24-,25-,26+,27-,28-,29+,30+,31-,32-,33+,36+,37+,38+/m1/s1. The largest absolute Gasteiger partial charge is 0.481 e. The number of rotatable bonds is 15. The summed E-state index contributed by atoms with van der Waals surface area (Å²) < 4.78 is 39.7. The number of hydrogen-bond donors (Lipinski definition) is 11. The molecule has 59 heavy (non-hydrogen) atoms. The Bertz CT molecular complexity index is 1720. The summed E-state index contributed by atoms with van der Waals surface area (Å²) in [6, 6.07) is 13.4. The van der Waals surface area contributed by atoms with Gasteiger partial charge in [-0.15, -0.1) is 0 Å². The molecule has 0 aromatic heterocycles. The Labute approximate surface area is 336 Å². The zero-order valence-corrected chi connectivity index (χ0v) is 31.5. The molecule has 1 aliphatic carbocycles. The quantitative estimate of drug-likeness (QED) is 0.0596. The molecule has 3 heterocycles. The van der Waals surface area contributed by atoms with Crippen LogP contribution < -0.4 is 5.32 Å². The molecule has 0 saturated carbocycles. The minimum absolute atomic E-state index is 0.210. The van der Waals surface area contributed by atoms with Gasteiger partial charge in [-0.1, -0.05) is 48.5 Å². The first-order valence-corrected chi connectivity index (χ1v) is 18.8. The average molecular weight is 840 g/mol. The van der Waals surface area contributed by atoms with Gasteiger partial charge in [0.1, 0.15) is 79.8 Å². The molecule has 21 heteroatoms. The highest BCUT2D eigenvalue weighted by atomic mass is 16.8. The summed E-state index contributed by atoms with van der Waals surface area (Å²) in [4.78, 5) is 38.0. The summed E-state index contributed by atoms with van der Waals surface area (Å²) in [6.45, 7) is -2.68. The maximum Gasteiger partial charge on any atom is 0.322 e. The number of amides is 1. The van der Waals surface area contributed by atoms with Crippen LogP contribution in [0, 0.1) is 5.92 Å². The first-order chi connectivity index (χ1) is 28.2. The van der Waals surface area contributed by atoms with Crippen LogP contribution in [0.2, 0.25) is 0 Å². The number of fused-ring (bicyclic) bond motifs is 3. The molecule has 0 bridgehead atoms. The minimum atomic E-state index is -1.99. The molecular weight excluding hydrogens is 790 g/mol. The molecule has 11 N–H and O–H groups in total. The third-order valence-corrected chi connectivity index (χ3v) is 10.8. The molecule has 2 aromatic carbocycles. The van der Waals surface area contributed by atoms with Gasteiger partial charge in [-0.25, -0.2) is 0 Å². The Morgan fingerprint density at radius 2 is 1.19 bits per heavy atom. The van der Waals surface area contributed by atoms with Gasteiger partial charge >= 0.3 is 11.9 Å². The third-order valence-electron chi connectivity index (χ3n) is 10.8. The SMILES string of the molecule is CC(=O)N[C@H]1[C@H](O[C@@H]2[C@@H](OCC(C(=O)O)C(=O)OCC3c4ccccc4-c4ccccc43)O[C@H](CO)[C@@H](O)[C@@H]2O)O[C@H](CO)[C@@H](O[C@@H]2O[C@H](CO)[C@H](O)[C@H](O)[C@H]2O)[C@@H]1O. The second kappa shape index (κ2) is 19.3. The maximum atomic E-state index is 13.3. The van der Waals surface area contributed by atoms with Gasteiger partial charge in [0, 0.05) is 12.8 Å². The second-order valence-electron chi connectivity index (χ2n) is 14.6. The summed E-state index contributed by atoms with van der Waals surface area (Å²) in [5.41, 5.74) is 3.65. The van der Waals surface area contributed by atoms with Crippen molar-refractivity contribution in [1.29, 1.82) is 0 Å². The molecule has 21 nitrogen and oxygen atoms in total. The first kappa shape index (κ1) is 44.8. The zero-order chi connectivity index (χ0) is 42.7. The van der Waals surface area contributed by atoms with E-state index in [0.29, 0.717) is 0 Å². The lowest BCUT2D eigenvalue weighted by molar-refractivity contribution is -0.372. The van der Waals surface area contributed by atoms with Crippen LogP contribution in [0.25, 0.3) is 11.1 Å². The van der Waals surface area contributed by atoms with Gasteiger partial charge in [-0.05, 0) is 22.3 Å². The summed E-state index contributed by atoms with van der Waals surface area (Å²) in [5.74, 6) is -5.93. The van der Waals surface area contributed by atoms with E-state index in [4.69, 9.17) is 33.2 Å². The molecule has 1 amide bonds. The van der Waals surface area contributed by atoms with Crippen molar-refractivity contribution in [1.82, 2.24) is 5.32 Å². The van der Waals surface area contributed by atoms with Gasteiger partial charge in [-0.3, -0.25) is 14.4 Å². The van der Waals surface area contributed by atoms with Crippen LogP contribution >= 0.6 is 0 Å². The van der Waals surface area contributed by atoms with Gasteiger partial charge in [0.2, 0.25) is 5.91 Å². The van der Waals surface area contributed by atoms with E-state index >= 15 is 0 Å². The topological polar surface area (TPSA) is 330 Å². The average Bonchev–Trinajstić information content (AvgIpc) is 3.54. The van der Waals surface area contributed by atoms with Crippen LogP contribution in [-0.4, -0.2) is 194 Å². The number of aliphatic carboxylic acids is 1. The van der Waals surface area contributed by atoms with E-state index in [1.54, 1.807) is 0 Å². The molecule has 4 aliphatic rings. The van der Waals surface area contributed by atoms with E-state index in [-0.39, 0.29) is 6.61 Å². The molecule has 2 aromatic rings. The highest BCUT2D eigenvalue weighted by molar-refractivity contribution is 5.94. The van der Waals surface area contributed by atoms with Crippen molar-refractivity contribution in [3.8, 4) is 11.1 Å². The Morgan fingerprint density at radius 1 is 0.661 bits per heavy atom. The summed E-state index contributed by atoms with van der Waals surface area (Å²) in [5, 5.41) is 107. The van der Waals surface area contributed by atoms with Crippen LogP contribution in [0.15, 0.2) is 48.5 Å². The lowest BCUT2D eigenvalue weighted by Crippen LogP contribution is -2.69. The fraction of sp³-hybridized carbons (Fsp3) is 0.605. The molecule has 6 rings (SSSR count). The minimum Gasteiger partial charge on any atom is -0.481 e. The number of carboxylic acid groups (broad SMARTS) is 1. The molecule has 0 spiro atoms. The molecule has 0 radical (unpaired) electrons. The van der Waals surface area contributed by atoms with E-state index in [0.717, 1.165) is 29.2 Å².